The van der Waals surface area contributed by atoms with Crippen LogP contribution < -0.4 is 14.8 Å². The van der Waals surface area contributed by atoms with Crippen LogP contribution in [-0.4, -0.2) is 25.2 Å². The van der Waals surface area contributed by atoms with Crippen LogP contribution in [0.5, 0.6) is 11.5 Å². The van der Waals surface area contributed by atoms with Gasteiger partial charge in [-0.05, 0) is 17.7 Å². The zero-order chi connectivity index (χ0) is 18.3. The van der Waals surface area contributed by atoms with E-state index in [2.05, 4.69) is 31.3 Å². The zero-order valence-corrected chi connectivity index (χ0v) is 14.8. The Hall–Kier alpha value is -2.60. The van der Waals surface area contributed by atoms with Gasteiger partial charge in [-0.3, -0.25) is 10.1 Å². The quantitative estimate of drug-likeness (QED) is 0.553. The molecule has 0 fully saturated rings. The van der Waals surface area contributed by atoms with Crippen molar-refractivity contribution in [2.75, 3.05) is 20.3 Å². The Balaban J connectivity index is 1.91. The number of nitro groups is 1. The van der Waals surface area contributed by atoms with Crippen LogP contribution in [0.25, 0.3) is 0 Å². The summed E-state index contributed by atoms with van der Waals surface area (Å²) in [6.45, 7) is 5.97. The highest BCUT2D eigenvalue weighted by molar-refractivity contribution is 5.50. The van der Waals surface area contributed by atoms with E-state index in [1.165, 1.54) is 18.7 Å². The van der Waals surface area contributed by atoms with Gasteiger partial charge in [0.05, 0.1) is 24.7 Å². The van der Waals surface area contributed by atoms with E-state index in [0.717, 1.165) is 13.1 Å². The number of ether oxygens (including phenoxy) is 2. The molecule has 0 amide bonds. The molecule has 0 atom stereocenters. The van der Waals surface area contributed by atoms with Crippen LogP contribution in [0.1, 0.15) is 19.4 Å². The maximum atomic E-state index is 11.2. The second-order valence-electron chi connectivity index (χ2n) is 6.63. The van der Waals surface area contributed by atoms with Crippen molar-refractivity contribution >= 4 is 5.69 Å². The number of methoxy groups -OCH3 is 1. The van der Waals surface area contributed by atoms with E-state index >= 15 is 0 Å². The lowest BCUT2D eigenvalue weighted by Crippen LogP contribution is -2.34. The molecule has 0 aliphatic carbocycles. The number of hydrogen-bond donors (Lipinski definition) is 1. The topological polar surface area (TPSA) is 73.6 Å². The van der Waals surface area contributed by atoms with Crippen LogP contribution in [0.2, 0.25) is 0 Å². The maximum absolute atomic E-state index is 11.2. The lowest BCUT2D eigenvalue weighted by molar-refractivity contribution is -0.386. The molecule has 2 aromatic rings. The first-order valence-corrected chi connectivity index (χ1v) is 8.11. The predicted molar refractivity (Wildman–Crippen MR) is 97.1 cm³/mol. The molecule has 0 saturated carbocycles. The number of nitrogens with zero attached hydrogens (tertiary/aromatic N) is 1. The lowest BCUT2D eigenvalue weighted by Gasteiger charge is -2.25. The minimum absolute atomic E-state index is 0.0904. The third-order valence-electron chi connectivity index (χ3n) is 3.76. The van der Waals surface area contributed by atoms with Gasteiger partial charge in [-0.1, -0.05) is 44.2 Å². The molecule has 25 heavy (non-hydrogen) atoms. The Morgan fingerprint density at radius 1 is 1.16 bits per heavy atom. The molecule has 0 unspecified atom stereocenters. The summed E-state index contributed by atoms with van der Waals surface area (Å²) < 4.78 is 10.8. The monoisotopic (exact) mass is 344 g/mol. The molecule has 0 aliphatic rings. The van der Waals surface area contributed by atoms with E-state index in [4.69, 9.17) is 9.47 Å². The standard InChI is InChI=1S/C19H24N2O4/c1-19(2,13-20-12-15-7-5-4-6-8-15)14-25-18-10-9-16(24-3)11-17(18)21(22)23/h4-11,20H,12-14H2,1-3H3. The van der Waals surface area contributed by atoms with Gasteiger partial charge in [0.2, 0.25) is 0 Å². The van der Waals surface area contributed by atoms with Gasteiger partial charge in [-0.2, -0.15) is 0 Å². The first kappa shape index (κ1) is 18.7. The average molecular weight is 344 g/mol. The summed E-state index contributed by atoms with van der Waals surface area (Å²) in [5.41, 5.74) is 0.945. The Morgan fingerprint density at radius 3 is 2.52 bits per heavy atom. The number of hydrogen-bond acceptors (Lipinski definition) is 5. The predicted octanol–water partition coefficient (Wildman–Crippen LogP) is 3.80. The molecule has 134 valence electrons. The van der Waals surface area contributed by atoms with Crippen molar-refractivity contribution < 1.29 is 14.4 Å². The van der Waals surface area contributed by atoms with Crippen molar-refractivity contribution in [1.29, 1.82) is 0 Å². The van der Waals surface area contributed by atoms with Crippen LogP contribution in [0.3, 0.4) is 0 Å². The lowest BCUT2D eigenvalue weighted by atomic mass is 9.94. The molecule has 0 heterocycles. The van der Waals surface area contributed by atoms with Crippen molar-refractivity contribution in [2.24, 2.45) is 5.41 Å². The van der Waals surface area contributed by atoms with Crippen molar-refractivity contribution in [3.8, 4) is 11.5 Å². The first-order valence-electron chi connectivity index (χ1n) is 8.11. The van der Waals surface area contributed by atoms with Crippen LogP contribution in [0.4, 0.5) is 5.69 Å². The van der Waals surface area contributed by atoms with Gasteiger partial charge >= 0.3 is 5.69 Å². The maximum Gasteiger partial charge on any atom is 0.314 e. The van der Waals surface area contributed by atoms with Gasteiger partial charge in [0.1, 0.15) is 5.75 Å². The second kappa shape index (κ2) is 8.48. The van der Waals surface area contributed by atoms with E-state index < -0.39 is 4.92 Å². The molecule has 0 radical (unpaired) electrons. The molecular formula is C19H24N2O4. The Labute approximate surface area is 147 Å². The largest absolute Gasteiger partial charge is 0.496 e. The number of nitrogens with one attached hydrogen (secondary N) is 1. The van der Waals surface area contributed by atoms with Gasteiger partial charge in [-0.25, -0.2) is 0 Å². The van der Waals surface area contributed by atoms with Gasteiger partial charge < -0.3 is 14.8 Å². The molecule has 6 heteroatoms. The summed E-state index contributed by atoms with van der Waals surface area (Å²) >= 11 is 0. The Morgan fingerprint density at radius 2 is 1.88 bits per heavy atom. The summed E-state index contributed by atoms with van der Waals surface area (Å²) in [5, 5.41) is 14.6. The summed E-state index contributed by atoms with van der Waals surface area (Å²) in [4.78, 5) is 10.7. The van der Waals surface area contributed by atoms with Gasteiger partial charge in [0.25, 0.3) is 0 Å². The van der Waals surface area contributed by atoms with Gasteiger partial charge in [0.15, 0.2) is 5.75 Å². The molecular weight excluding hydrogens is 320 g/mol. The molecule has 2 aromatic carbocycles. The molecule has 6 nitrogen and oxygen atoms in total. The Bertz CT molecular complexity index is 702. The smallest absolute Gasteiger partial charge is 0.314 e. The molecule has 0 aromatic heterocycles. The highest BCUT2D eigenvalue weighted by atomic mass is 16.6. The summed E-state index contributed by atoms with van der Waals surface area (Å²) in [7, 11) is 1.47. The van der Waals surface area contributed by atoms with Crippen molar-refractivity contribution in [2.45, 2.75) is 20.4 Å². The molecule has 0 spiro atoms. The van der Waals surface area contributed by atoms with Gasteiger partial charge in [0, 0.05) is 18.5 Å². The van der Waals surface area contributed by atoms with E-state index in [0.29, 0.717) is 12.4 Å². The van der Waals surface area contributed by atoms with E-state index in [1.807, 2.05) is 18.2 Å². The normalized spacial score (nSPS) is 11.2. The molecule has 0 bridgehead atoms. The zero-order valence-electron chi connectivity index (χ0n) is 14.8. The third-order valence-corrected chi connectivity index (χ3v) is 3.76. The third kappa shape index (κ3) is 5.76. The van der Waals surface area contributed by atoms with Crippen LogP contribution in [0.15, 0.2) is 48.5 Å². The summed E-state index contributed by atoms with van der Waals surface area (Å²) in [6, 6.07) is 14.7. The molecule has 2 rings (SSSR count). The van der Waals surface area contributed by atoms with E-state index in [9.17, 15) is 10.1 Å². The molecule has 0 saturated heterocycles. The highest BCUT2D eigenvalue weighted by Crippen LogP contribution is 2.32. The minimum Gasteiger partial charge on any atom is -0.496 e. The number of rotatable bonds is 9. The van der Waals surface area contributed by atoms with E-state index in [1.54, 1.807) is 12.1 Å². The van der Waals surface area contributed by atoms with Crippen molar-refractivity contribution in [3.05, 3.63) is 64.2 Å². The first-order chi connectivity index (χ1) is 11.9. The fourth-order valence-corrected chi connectivity index (χ4v) is 2.35. The minimum atomic E-state index is -0.460. The average Bonchev–Trinajstić information content (AvgIpc) is 2.60. The summed E-state index contributed by atoms with van der Waals surface area (Å²) in [6.07, 6.45) is 0. The van der Waals surface area contributed by atoms with Crippen LogP contribution in [-0.2, 0) is 6.54 Å². The number of benzene rings is 2. The number of nitro benzene ring substituents is 1. The van der Waals surface area contributed by atoms with Crippen LogP contribution >= 0.6 is 0 Å². The SMILES string of the molecule is COc1ccc(OCC(C)(C)CNCc2ccccc2)c([N+](=O)[O-])c1. The van der Waals surface area contributed by atoms with Crippen molar-refractivity contribution in [3.63, 3.8) is 0 Å². The highest BCUT2D eigenvalue weighted by Gasteiger charge is 2.22. The van der Waals surface area contributed by atoms with Gasteiger partial charge in [-0.15, -0.1) is 0 Å². The van der Waals surface area contributed by atoms with E-state index in [-0.39, 0.29) is 16.9 Å². The van der Waals surface area contributed by atoms with Crippen molar-refractivity contribution in [1.82, 2.24) is 5.32 Å². The fraction of sp³-hybridized carbons (Fsp3) is 0.368. The fourth-order valence-electron chi connectivity index (χ4n) is 2.35. The summed E-state index contributed by atoms with van der Waals surface area (Å²) in [5.74, 6) is 0.685. The van der Waals surface area contributed by atoms with Crippen LogP contribution in [0, 0.1) is 15.5 Å². The molecule has 0 aliphatic heterocycles. The Kier molecular flexibility index (Phi) is 6.36. The molecule has 1 N–H and O–H groups in total. The second-order valence-corrected chi connectivity index (χ2v) is 6.63.